The predicted octanol–water partition coefficient (Wildman–Crippen LogP) is 2.07. The van der Waals surface area contributed by atoms with Crippen molar-refractivity contribution in [3.05, 3.63) is 33.4 Å². The average molecular weight is 231 g/mol. The lowest BCUT2D eigenvalue weighted by atomic mass is 10.1. The Bertz CT molecular complexity index is 491. The molecule has 1 aromatic rings. The largest absolute Gasteiger partial charge is 0.423 e. The van der Waals surface area contributed by atoms with Gasteiger partial charge >= 0.3 is 6.18 Å². The van der Waals surface area contributed by atoms with Crippen molar-refractivity contribution >= 4 is 11.4 Å². The van der Waals surface area contributed by atoms with Gasteiger partial charge in [-0.1, -0.05) is 0 Å². The maximum absolute atomic E-state index is 12.4. The minimum Gasteiger partial charge on any atom is -0.398 e. The fourth-order valence-corrected chi connectivity index (χ4v) is 1.08. The summed E-state index contributed by atoms with van der Waals surface area (Å²) in [6, 6.07) is 2.37. The standard InChI is InChI=1S/C8H4F3N3O2/c9-8(10,11)5-2-6(13)4(3-12)1-7(5)14(15)16/h1-2H,13H2. The number of alkyl halides is 3. The molecule has 5 nitrogen and oxygen atoms in total. The summed E-state index contributed by atoms with van der Waals surface area (Å²) >= 11 is 0. The highest BCUT2D eigenvalue weighted by molar-refractivity contribution is 5.62. The van der Waals surface area contributed by atoms with E-state index in [1.165, 1.54) is 6.07 Å². The summed E-state index contributed by atoms with van der Waals surface area (Å²) in [5.41, 5.74) is 1.70. The number of benzene rings is 1. The van der Waals surface area contributed by atoms with Crippen LogP contribution in [0.1, 0.15) is 11.1 Å². The first-order valence-electron chi connectivity index (χ1n) is 3.82. The molecule has 0 bridgehead atoms. The number of nitrogens with zero attached hydrogens (tertiary/aromatic N) is 2. The number of anilines is 1. The Balaban J connectivity index is 3.57. The Hall–Kier alpha value is -2.30. The molecule has 84 valence electrons. The summed E-state index contributed by atoms with van der Waals surface area (Å²) < 4.78 is 37.1. The van der Waals surface area contributed by atoms with Gasteiger partial charge in [-0.15, -0.1) is 0 Å². The fourth-order valence-electron chi connectivity index (χ4n) is 1.08. The molecule has 2 N–H and O–H groups in total. The van der Waals surface area contributed by atoms with Crippen LogP contribution >= 0.6 is 0 Å². The minimum atomic E-state index is -4.88. The second kappa shape index (κ2) is 3.69. The molecule has 16 heavy (non-hydrogen) atoms. The predicted molar refractivity (Wildman–Crippen MR) is 47.2 cm³/mol. The smallest absolute Gasteiger partial charge is 0.398 e. The molecule has 0 fully saturated rings. The highest BCUT2D eigenvalue weighted by Gasteiger charge is 2.39. The zero-order valence-corrected chi connectivity index (χ0v) is 7.58. The highest BCUT2D eigenvalue weighted by atomic mass is 19.4. The molecular formula is C8H4F3N3O2. The first kappa shape index (κ1) is 11.8. The summed E-state index contributed by atoms with van der Waals surface area (Å²) in [5, 5.41) is 18.9. The van der Waals surface area contributed by atoms with Crippen LogP contribution < -0.4 is 5.73 Å². The van der Waals surface area contributed by atoms with Crippen LogP contribution in [0.5, 0.6) is 0 Å². The quantitative estimate of drug-likeness (QED) is 0.454. The molecular weight excluding hydrogens is 227 g/mol. The van der Waals surface area contributed by atoms with Gasteiger partial charge in [0.2, 0.25) is 0 Å². The monoisotopic (exact) mass is 231 g/mol. The summed E-state index contributed by atoms with van der Waals surface area (Å²) in [6.45, 7) is 0. The number of rotatable bonds is 1. The number of nitro benzene ring substituents is 1. The Morgan fingerprint density at radius 2 is 2.00 bits per heavy atom. The molecule has 0 aliphatic rings. The van der Waals surface area contributed by atoms with E-state index in [0.717, 1.165) is 0 Å². The van der Waals surface area contributed by atoms with Crippen LogP contribution in [0.2, 0.25) is 0 Å². The lowest BCUT2D eigenvalue weighted by molar-refractivity contribution is -0.388. The van der Waals surface area contributed by atoms with Gasteiger partial charge < -0.3 is 5.73 Å². The molecule has 0 saturated carbocycles. The van der Waals surface area contributed by atoms with E-state index in [9.17, 15) is 23.3 Å². The first-order chi connectivity index (χ1) is 7.27. The van der Waals surface area contributed by atoms with Crippen molar-refractivity contribution in [2.45, 2.75) is 6.18 Å². The third kappa shape index (κ3) is 2.03. The van der Waals surface area contributed by atoms with Crippen LogP contribution in [-0.4, -0.2) is 4.92 Å². The van der Waals surface area contributed by atoms with Crippen LogP contribution in [0.15, 0.2) is 12.1 Å². The van der Waals surface area contributed by atoms with Crippen molar-refractivity contribution in [1.82, 2.24) is 0 Å². The van der Waals surface area contributed by atoms with Crippen LogP contribution in [0.3, 0.4) is 0 Å². The molecule has 1 aromatic carbocycles. The molecule has 0 amide bonds. The third-order valence-electron chi connectivity index (χ3n) is 1.79. The van der Waals surface area contributed by atoms with E-state index >= 15 is 0 Å². The summed E-state index contributed by atoms with van der Waals surface area (Å²) in [6.07, 6.45) is -4.88. The maximum Gasteiger partial charge on any atom is 0.423 e. The second-order valence-corrected chi connectivity index (χ2v) is 2.82. The molecule has 1 rings (SSSR count). The van der Waals surface area contributed by atoms with Crippen LogP contribution in [0.4, 0.5) is 24.5 Å². The second-order valence-electron chi connectivity index (χ2n) is 2.82. The molecule has 0 saturated heterocycles. The third-order valence-corrected chi connectivity index (χ3v) is 1.79. The molecule has 0 atom stereocenters. The van der Waals surface area contributed by atoms with Crippen LogP contribution in [0.25, 0.3) is 0 Å². The molecule has 0 radical (unpaired) electrons. The Labute approximate surface area is 87.0 Å². The van der Waals surface area contributed by atoms with Gasteiger partial charge in [0.25, 0.3) is 5.69 Å². The number of nitriles is 1. The van der Waals surface area contributed by atoms with Crippen molar-refractivity contribution in [1.29, 1.82) is 5.26 Å². The van der Waals surface area contributed by atoms with Crippen LogP contribution in [-0.2, 0) is 6.18 Å². The van der Waals surface area contributed by atoms with Gasteiger partial charge in [-0.3, -0.25) is 10.1 Å². The molecule has 0 aliphatic heterocycles. The Morgan fingerprint density at radius 3 is 2.38 bits per heavy atom. The summed E-state index contributed by atoms with van der Waals surface area (Å²) in [4.78, 5) is 9.20. The van der Waals surface area contributed by atoms with Gasteiger partial charge in [0.1, 0.15) is 11.6 Å². The van der Waals surface area contributed by atoms with E-state index in [-0.39, 0.29) is 5.56 Å². The lowest BCUT2D eigenvalue weighted by Crippen LogP contribution is -2.10. The lowest BCUT2D eigenvalue weighted by Gasteiger charge is -2.08. The van der Waals surface area contributed by atoms with E-state index in [4.69, 9.17) is 11.0 Å². The van der Waals surface area contributed by atoms with Crippen LogP contribution in [0, 0.1) is 21.4 Å². The number of hydrogen-bond acceptors (Lipinski definition) is 4. The van der Waals surface area contributed by atoms with Gasteiger partial charge in [-0.05, 0) is 6.07 Å². The van der Waals surface area contributed by atoms with Gasteiger partial charge in [-0.2, -0.15) is 18.4 Å². The van der Waals surface area contributed by atoms with Gasteiger partial charge in [-0.25, -0.2) is 0 Å². The van der Waals surface area contributed by atoms with E-state index in [1.807, 2.05) is 0 Å². The minimum absolute atomic E-state index is 0.361. The number of halogens is 3. The zero-order chi connectivity index (χ0) is 12.5. The topological polar surface area (TPSA) is 92.9 Å². The SMILES string of the molecule is N#Cc1cc([N+](=O)[O-])c(C(F)(F)F)cc1N. The van der Waals surface area contributed by atoms with Gasteiger partial charge in [0.05, 0.1) is 16.2 Å². The maximum atomic E-state index is 12.4. The van der Waals surface area contributed by atoms with Gasteiger partial charge in [0, 0.05) is 6.07 Å². The van der Waals surface area contributed by atoms with Crippen molar-refractivity contribution in [3.8, 4) is 6.07 Å². The van der Waals surface area contributed by atoms with Crippen molar-refractivity contribution < 1.29 is 18.1 Å². The van der Waals surface area contributed by atoms with Crippen molar-refractivity contribution in [2.75, 3.05) is 5.73 Å². The first-order valence-corrected chi connectivity index (χ1v) is 3.82. The average Bonchev–Trinajstić information content (AvgIpc) is 2.15. The number of nitrogens with two attached hydrogens (primary N) is 1. The van der Waals surface area contributed by atoms with Gasteiger partial charge in [0.15, 0.2) is 0 Å². The molecule has 8 heteroatoms. The summed E-state index contributed by atoms with van der Waals surface area (Å²) in [7, 11) is 0. The van der Waals surface area contributed by atoms with E-state index in [1.54, 1.807) is 0 Å². The van der Waals surface area contributed by atoms with E-state index < -0.39 is 28.0 Å². The van der Waals surface area contributed by atoms with Crippen molar-refractivity contribution in [2.24, 2.45) is 0 Å². The molecule has 0 aliphatic carbocycles. The number of hydrogen-bond donors (Lipinski definition) is 1. The Kier molecular flexibility index (Phi) is 2.72. The van der Waals surface area contributed by atoms with Crippen molar-refractivity contribution in [3.63, 3.8) is 0 Å². The molecule has 0 unspecified atom stereocenters. The number of nitro groups is 1. The summed E-state index contributed by atoms with van der Waals surface area (Å²) in [5.74, 6) is 0. The normalized spacial score (nSPS) is 10.9. The highest BCUT2D eigenvalue weighted by Crippen LogP contribution is 2.38. The van der Waals surface area contributed by atoms with E-state index in [2.05, 4.69) is 0 Å². The fraction of sp³-hybridized carbons (Fsp3) is 0.125. The molecule has 0 aromatic heterocycles. The van der Waals surface area contributed by atoms with E-state index in [0.29, 0.717) is 12.1 Å². The molecule has 0 spiro atoms. The number of nitrogen functional groups attached to an aromatic ring is 1. The zero-order valence-electron chi connectivity index (χ0n) is 7.58. The Morgan fingerprint density at radius 1 is 1.44 bits per heavy atom. The molecule has 0 heterocycles.